The molecule has 1 aromatic heterocycles. The van der Waals surface area contributed by atoms with Gasteiger partial charge in [0.2, 0.25) is 0 Å². The Morgan fingerprint density at radius 2 is 1.83 bits per heavy atom. The largest absolute Gasteiger partial charge is 0.458 e. The van der Waals surface area contributed by atoms with Crippen LogP contribution in [0.1, 0.15) is 52.8 Å². The van der Waals surface area contributed by atoms with Crippen LogP contribution in [-0.2, 0) is 20.7 Å². The first-order valence-corrected chi connectivity index (χ1v) is 8.21. The fourth-order valence-electron chi connectivity index (χ4n) is 2.86. The average Bonchev–Trinajstić information content (AvgIpc) is 2.86. The van der Waals surface area contributed by atoms with Gasteiger partial charge in [-0.15, -0.1) is 0 Å². The van der Waals surface area contributed by atoms with Crippen LogP contribution in [0.2, 0.25) is 0 Å². The smallest absolute Gasteiger partial charge is 0.337 e. The maximum absolute atomic E-state index is 12.5. The molecule has 1 unspecified atom stereocenters. The number of ether oxygens (including phenoxy) is 1. The van der Waals surface area contributed by atoms with Crippen LogP contribution in [0, 0.1) is 0 Å². The van der Waals surface area contributed by atoms with Gasteiger partial charge in [-0.1, -0.05) is 32.0 Å². The third kappa shape index (κ3) is 3.46. The number of fused-ring (bicyclic) bond motifs is 3. The number of benzene rings is 1. The lowest BCUT2D eigenvalue weighted by atomic mass is 10.0. The zero-order valence-electron chi connectivity index (χ0n) is 14.6. The molecule has 0 saturated carbocycles. The molecule has 3 rings (SSSR count). The quantitative estimate of drug-likeness (QED) is 0.589. The number of carbonyl (C=O) groups excluding carboxylic acids is 2. The summed E-state index contributed by atoms with van der Waals surface area (Å²) in [6.45, 7) is 9.44. The Bertz CT molecular complexity index is 722. The Morgan fingerprint density at radius 3 is 2.48 bits per heavy atom. The molecule has 4 nitrogen and oxygen atoms in total. The van der Waals surface area contributed by atoms with Crippen molar-refractivity contribution < 1.29 is 14.3 Å². The summed E-state index contributed by atoms with van der Waals surface area (Å²) in [6.07, 6.45) is 1.06. The Hall–Kier alpha value is -2.10. The lowest BCUT2D eigenvalue weighted by molar-refractivity contribution is -0.161. The molecule has 0 fully saturated rings. The number of rotatable bonds is 1. The molecule has 0 amide bonds. The minimum atomic E-state index is -0.854. The van der Waals surface area contributed by atoms with Crippen molar-refractivity contribution in [2.24, 2.45) is 0 Å². The van der Waals surface area contributed by atoms with Crippen LogP contribution in [0.5, 0.6) is 0 Å². The van der Waals surface area contributed by atoms with E-state index in [2.05, 4.69) is 6.07 Å². The van der Waals surface area contributed by atoms with Crippen molar-refractivity contribution in [3.05, 3.63) is 36.0 Å². The van der Waals surface area contributed by atoms with E-state index in [-0.39, 0.29) is 5.78 Å². The number of nitrogens with zero attached hydrogens (tertiary/aromatic N) is 1. The SMILES string of the molecule is CC.CC(C)(C)OC(=O)C1C(=O)CCc2cc3ccccc3n21. The van der Waals surface area contributed by atoms with Gasteiger partial charge in [-0.05, 0) is 44.7 Å². The molecule has 1 atom stereocenters. The number of hydrogen-bond donors (Lipinski definition) is 0. The van der Waals surface area contributed by atoms with Gasteiger partial charge in [-0.2, -0.15) is 0 Å². The van der Waals surface area contributed by atoms with Crippen LogP contribution in [-0.4, -0.2) is 21.9 Å². The van der Waals surface area contributed by atoms with E-state index in [1.807, 2.05) is 63.5 Å². The predicted octanol–water partition coefficient (Wildman–Crippen LogP) is 4.07. The number of Topliss-reactive ketones (excluding diaryl/α,β-unsaturated/α-hetero) is 1. The van der Waals surface area contributed by atoms with Crippen molar-refractivity contribution >= 4 is 22.7 Å². The summed E-state index contributed by atoms with van der Waals surface area (Å²) in [5, 5.41) is 1.05. The second kappa shape index (κ2) is 6.57. The normalized spacial score (nSPS) is 17.3. The molecule has 0 aliphatic carbocycles. The Kier molecular flexibility index (Phi) is 4.93. The number of hydrogen-bond acceptors (Lipinski definition) is 3. The second-order valence-electron chi connectivity index (χ2n) is 6.47. The van der Waals surface area contributed by atoms with Crippen LogP contribution < -0.4 is 0 Å². The lowest BCUT2D eigenvalue weighted by Gasteiger charge is -2.28. The van der Waals surface area contributed by atoms with Gasteiger partial charge >= 0.3 is 5.97 Å². The van der Waals surface area contributed by atoms with E-state index in [1.165, 1.54) is 0 Å². The molecule has 124 valence electrons. The first-order valence-electron chi connectivity index (χ1n) is 8.21. The van der Waals surface area contributed by atoms with Crippen LogP contribution in [0.25, 0.3) is 10.9 Å². The minimum absolute atomic E-state index is 0.0712. The highest BCUT2D eigenvalue weighted by Crippen LogP contribution is 2.31. The van der Waals surface area contributed by atoms with E-state index in [1.54, 1.807) is 0 Å². The summed E-state index contributed by atoms with van der Waals surface area (Å²) in [5.41, 5.74) is 1.33. The average molecular weight is 315 g/mol. The Balaban J connectivity index is 0.000000924. The van der Waals surface area contributed by atoms with Gasteiger partial charge < -0.3 is 9.30 Å². The number of para-hydroxylation sites is 1. The maximum atomic E-state index is 12.5. The van der Waals surface area contributed by atoms with E-state index in [9.17, 15) is 9.59 Å². The molecule has 0 spiro atoms. The summed E-state index contributed by atoms with van der Waals surface area (Å²) in [5.74, 6) is -0.534. The van der Waals surface area contributed by atoms with Crippen LogP contribution in [0.15, 0.2) is 30.3 Å². The maximum Gasteiger partial charge on any atom is 0.337 e. The van der Waals surface area contributed by atoms with Crippen LogP contribution in [0.3, 0.4) is 0 Å². The fraction of sp³-hybridized carbons (Fsp3) is 0.474. The molecule has 23 heavy (non-hydrogen) atoms. The number of aryl methyl sites for hydroxylation is 1. The molecule has 1 aromatic carbocycles. The summed E-state index contributed by atoms with van der Waals surface area (Å²) in [4.78, 5) is 24.8. The topological polar surface area (TPSA) is 48.3 Å². The summed E-state index contributed by atoms with van der Waals surface area (Å²) < 4.78 is 7.28. The lowest BCUT2D eigenvalue weighted by Crippen LogP contribution is -2.37. The molecule has 0 N–H and O–H groups in total. The number of ketones is 1. The summed E-state index contributed by atoms with van der Waals surface area (Å²) in [6, 6.07) is 9.01. The fourth-order valence-corrected chi connectivity index (χ4v) is 2.86. The predicted molar refractivity (Wildman–Crippen MR) is 91.5 cm³/mol. The molecular weight excluding hydrogens is 290 g/mol. The molecule has 1 aliphatic rings. The van der Waals surface area contributed by atoms with Crippen LogP contribution in [0.4, 0.5) is 0 Å². The van der Waals surface area contributed by atoms with Crippen LogP contribution >= 0.6 is 0 Å². The van der Waals surface area contributed by atoms with Crippen molar-refractivity contribution in [2.75, 3.05) is 0 Å². The van der Waals surface area contributed by atoms with E-state index >= 15 is 0 Å². The number of aromatic nitrogens is 1. The number of carbonyl (C=O) groups is 2. The highest BCUT2D eigenvalue weighted by molar-refractivity contribution is 6.04. The molecule has 0 saturated heterocycles. The molecule has 2 aromatic rings. The molecule has 1 aliphatic heterocycles. The van der Waals surface area contributed by atoms with Gasteiger partial charge in [0.05, 0.1) is 0 Å². The van der Waals surface area contributed by atoms with E-state index in [0.717, 1.165) is 16.6 Å². The zero-order chi connectivity index (χ0) is 17.2. The molecule has 2 heterocycles. The van der Waals surface area contributed by atoms with Gasteiger partial charge in [-0.3, -0.25) is 4.79 Å². The van der Waals surface area contributed by atoms with E-state index in [0.29, 0.717) is 12.8 Å². The van der Waals surface area contributed by atoms with Gasteiger partial charge in [-0.25, -0.2) is 4.79 Å². The van der Waals surface area contributed by atoms with Crippen molar-refractivity contribution in [1.29, 1.82) is 0 Å². The molecule has 0 radical (unpaired) electrons. The number of esters is 1. The first kappa shape index (κ1) is 17.3. The molecular formula is C19H25NO3. The van der Waals surface area contributed by atoms with Gasteiger partial charge in [0, 0.05) is 17.6 Å². The summed E-state index contributed by atoms with van der Waals surface area (Å²) in [7, 11) is 0. The zero-order valence-corrected chi connectivity index (χ0v) is 14.6. The Labute approximate surface area is 137 Å². The summed E-state index contributed by atoms with van der Waals surface area (Å²) >= 11 is 0. The van der Waals surface area contributed by atoms with Crippen molar-refractivity contribution in [1.82, 2.24) is 4.57 Å². The monoisotopic (exact) mass is 315 g/mol. The standard InChI is InChI=1S/C17H19NO3.C2H6/c1-17(2,3)21-16(20)15-14(19)9-8-12-10-11-6-4-5-7-13(11)18(12)15;1-2/h4-7,10,15H,8-9H2,1-3H3;1-2H3. The highest BCUT2D eigenvalue weighted by Gasteiger charge is 2.37. The van der Waals surface area contributed by atoms with Crippen molar-refractivity contribution in [3.8, 4) is 0 Å². The van der Waals surface area contributed by atoms with Gasteiger partial charge in [0.15, 0.2) is 11.8 Å². The van der Waals surface area contributed by atoms with Crippen molar-refractivity contribution in [2.45, 2.75) is 59.1 Å². The van der Waals surface area contributed by atoms with Gasteiger partial charge in [0.1, 0.15) is 5.60 Å². The highest BCUT2D eigenvalue weighted by atomic mass is 16.6. The third-order valence-electron chi connectivity index (χ3n) is 3.65. The first-order chi connectivity index (χ1) is 10.9. The minimum Gasteiger partial charge on any atom is -0.458 e. The van der Waals surface area contributed by atoms with Crippen molar-refractivity contribution in [3.63, 3.8) is 0 Å². The van der Waals surface area contributed by atoms with E-state index < -0.39 is 17.6 Å². The van der Waals surface area contributed by atoms with Gasteiger partial charge in [0.25, 0.3) is 0 Å². The second-order valence-corrected chi connectivity index (χ2v) is 6.47. The molecule has 0 bridgehead atoms. The Morgan fingerprint density at radius 1 is 1.17 bits per heavy atom. The van der Waals surface area contributed by atoms with E-state index in [4.69, 9.17) is 4.74 Å². The molecule has 4 heteroatoms. The third-order valence-corrected chi connectivity index (χ3v) is 3.65.